The minimum atomic E-state index is -0.395. The molecule has 0 unspecified atom stereocenters. The van der Waals surface area contributed by atoms with E-state index in [0.29, 0.717) is 0 Å². The highest BCUT2D eigenvalue weighted by Crippen LogP contribution is 2.28. The second-order valence-electron chi connectivity index (χ2n) is 5.05. The number of hydrogen-bond acceptors (Lipinski definition) is 3. The van der Waals surface area contributed by atoms with Crippen LogP contribution in [-0.4, -0.2) is 14.5 Å². The quantitative estimate of drug-likeness (QED) is 0.413. The van der Waals surface area contributed by atoms with Crippen molar-refractivity contribution in [3.63, 3.8) is 0 Å². The lowest BCUT2D eigenvalue weighted by molar-refractivity contribution is -0.384. The maximum absolute atomic E-state index is 10.7. The van der Waals surface area contributed by atoms with Crippen LogP contribution >= 0.6 is 0 Å². The van der Waals surface area contributed by atoms with Gasteiger partial charge in [-0.25, -0.2) is 4.52 Å². The van der Waals surface area contributed by atoms with Crippen molar-refractivity contribution in [2.45, 2.75) is 0 Å². The first-order valence-electron chi connectivity index (χ1n) is 6.84. The molecule has 2 heterocycles. The Kier molecular flexibility index (Phi) is 2.66. The summed E-state index contributed by atoms with van der Waals surface area (Å²) in [6, 6.07) is 18.7. The SMILES string of the molecule is O=[N+]([O-])c1ccc(-c2cnn3c2ccc2ccccc23)cc1. The fraction of sp³-hybridized carbons (Fsp3) is 0. The summed E-state index contributed by atoms with van der Waals surface area (Å²) in [6.45, 7) is 0. The van der Waals surface area contributed by atoms with Crippen molar-refractivity contribution in [1.29, 1.82) is 0 Å². The normalized spacial score (nSPS) is 11.1. The van der Waals surface area contributed by atoms with Crippen molar-refractivity contribution >= 4 is 22.1 Å². The van der Waals surface area contributed by atoms with Gasteiger partial charge in [-0.3, -0.25) is 10.1 Å². The smallest absolute Gasteiger partial charge is 0.258 e. The number of nitro groups is 1. The minimum Gasteiger partial charge on any atom is -0.258 e. The second kappa shape index (κ2) is 4.66. The first kappa shape index (κ1) is 12.5. The molecule has 0 saturated carbocycles. The van der Waals surface area contributed by atoms with E-state index < -0.39 is 4.92 Å². The lowest BCUT2D eigenvalue weighted by Gasteiger charge is -2.03. The number of para-hydroxylation sites is 1. The zero-order valence-electron chi connectivity index (χ0n) is 11.5. The van der Waals surface area contributed by atoms with Gasteiger partial charge in [0.1, 0.15) is 0 Å². The standard InChI is InChI=1S/C17H11N3O2/c21-20(22)14-8-5-12(6-9-14)15-11-18-19-16-4-2-1-3-13(16)7-10-17(15)19/h1-11H. The summed E-state index contributed by atoms with van der Waals surface area (Å²) < 4.78 is 1.89. The van der Waals surface area contributed by atoms with Crippen molar-refractivity contribution < 1.29 is 4.92 Å². The van der Waals surface area contributed by atoms with Gasteiger partial charge in [0.15, 0.2) is 0 Å². The van der Waals surface area contributed by atoms with Gasteiger partial charge >= 0.3 is 0 Å². The van der Waals surface area contributed by atoms with E-state index in [0.717, 1.165) is 27.5 Å². The molecule has 0 fully saturated rings. The van der Waals surface area contributed by atoms with Gasteiger partial charge in [-0.15, -0.1) is 0 Å². The van der Waals surface area contributed by atoms with Gasteiger partial charge in [-0.1, -0.05) is 24.3 Å². The highest BCUT2D eigenvalue weighted by atomic mass is 16.6. The first-order chi connectivity index (χ1) is 10.7. The monoisotopic (exact) mass is 289 g/mol. The van der Waals surface area contributed by atoms with E-state index in [-0.39, 0.29) is 5.69 Å². The largest absolute Gasteiger partial charge is 0.269 e. The first-order valence-corrected chi connectivity index (χ1v) is 6.84. The lowest BCUT2D eigenvalue weighted by Crippen LogP contribution is -1.89. The maximum Gasteiger partial charge on any atom is 0.269 e. The van der Waals surface area contributed by atoms with Crippen LogP contribution in [0.4, 0.5) is 5.69 Å². The Balaban J connectivity index is 1.92. The lowest BCUT2D eigenvalue weighted by atomic mass is 10.1. The topological polar surface area (TPSA) is 60.4 Å². The van der Waals surface area contributed by atoms with E-state index >= 15 is 0 Å². The van der Waals surface area contributed by atoms with Crippen LogP contribution in [0.25, 0.3) is 27.5 Å². The molecule has 22 heavy (non-hydrogen) atoms. The molecule has 0 N–H and O–H groups in total. The third-order valence-corrected chi connectivity index (χ3v) is 3.78. The van der Waals surface area contributed by atoms with Crippen LogP contribution in [0.15, 0.2) is 66.9 Å². The van der Waals surface area contributed by atoms with Gasteiger partial charge in [-0.2, -0.15) is 5.10 Å². The molecular formula is C17H11N3O2. The zero-order chi connectivity index (χ0) is 15.1. The molecule has 0 atom stereocenters. The molecule has 0 saturated heterocycles. The number of nitrogens with zero attached hydrogens (tertiary/aromatic N) is 3. The van der Waals surface area contributed by atoms with E-state index in [2.05, 4.69) is 11.2 Å². The molecule has 0 radical (unpaired) electrons. The Morgan fingerprint density at radius 2 is 1.68 bits per heavy atom. The zero-order valence-corrected chi connectivity index (χ0v) is 11.5. The molecule has 2 aromatic carbocycles. The van der Waals surface area contributed by atoms with Gasteiger partial charge in [0, 0.05) is 23.1 Å². The second-order valence-corrected chi connectivity index (χ2v) is 5.05. The molecule has 5 heteroatoms. The van der Waals surface area contributed by atoms with Crippen molar-refractivity contribution in [3.05, 3.63) is 77.0 Å². The number of fused-ring (bicyclic) bond motifs is 3. The molecule has 4 rings (SSSR count). The highest BCUT2D eigenvalue weighted by Gasteiger charge is 2.10. The van der Waals surface area contributed by atoms with Crippen molar-refractivity contribution in [1.82, 2.24) is 9.61 Å². The molecule has 0 bridgehead atoms. The van der Waals surface area contributed by atoms with Gasteiger partial charge < -0.3 is 0 Å². The van der Waals surface area contributed by atoms with E-state index in [9.17, 15) is 10.1 Å². The van der Waals surface area contributed by atoms with E-state index in [1.807, 2.05) is 34.8 Å². The highest BCUT2D eigenvalue weighted by molar-refractivity contribution is 5.88. The summed E-state index contributed by atoms with van der Waals surface area (Å²) in [7, 11) is 0. The minimum absolute atomic E-state index is 0.0886. The summed E-state index contributed by atoms with van der Waals surface area (Å²) in [5.74, 6) is 0. The Labute approximate surface area is 125 Å². The molecule has 106 valence electrons. The average Bonchev–Trinajstić information content (AvgIpc) is 2.99. The van der Waals surface area contributed by atoms with Gasteiger partial charge in [0.25, 0.3) is 5.69 Å². The average molecular weight is 289 g/mol. The number of benzene rings is 2. The summed E-state index contributed by atoms with van der Waals surface area (Å²) in [6.07, 6.45) is 1.79. The van der Waals surface area contributed by atoms with Gasteiger partial charge in [0.2, 0.25) is 0 Å². The van der Waals surface area contributed by atoms with Gasteiger partial charge in [0.05, 0.1) is 22.2 Å². The Hall–Kier alpha value is -3.21. The number of non-ortho nitro benzene ring substituents is 1. The van der Waals surface area contributed by atoms with Crippen LogP contribution < -0.4 is 0 Å². The molecule has 0 spiro atoms. The van der Waals surface area contributed by atoms with Crippen LogP contribution in [-0.2, 0) is 0 Å². The number of hydrogen-bond donors (Lipinski definition) is 0. The predicted octanol–water partition coefficient (Wildman–Crippen LogP) is 4.06. The Morgan fingerprint density at radius 1 is 0.909 bits per heavy atom. The van der Waals surface area contributed by atoms with Crippen LogP contribution in [0.2, 0.25) is 0 Å². The summed E-state index contributed by atoms with van der Waals surface area (Å²) >= 11 is 0. The van der Waals surface area contributed by atoms with E-state index in [1.54, 1.807) is 18.3 Å². The number of nitro benzene ring substituents is 1. The predicted molar refractivity (Wildman–Crippen MR) is 84.8 cm³/mol. The molecule has 0 aliphatic heterocycles. The Morgan fingerprint density at radius 3 is 2.45 bits per heavy atom. The molecule has 5 nitrogen and oxygen atoms in total. The van der Waals surface area contributed by atoms with Crippen LogP contribution in [0.3, 0.4) is 0 Å². The summed E-state index contributed by atoms with van der Waals surface area (Å²) in [5.41, 5.74) is 3.97. The van der Waals surface area contributed by atoms with E-state index in [1.165, 1.54) is 12.1 Å². The number of aromatic nitrogens is 2. The third-order valence-electron chi connectivity index (χ3n) is 3.78. The summed E-state index contributed by atoms with van der Waals surface area (Å²) in [5, 5.41) is 16.3. The van der Waals surface area contributed by atoms with Crippen molar-refractivity contribution in [3.8, 4) is 11.1 Å². The van der Waals surface area contributed by atoms with Crippen LogP contribution in [0.5, 0.6) is 0 Å². The molecule has 0 amide bonds. The van der Waals surface area contributed by atoms with E-state index in [4.69, 9.17) is 0 Å². The third kappa shape index (κ3) is 1.83. The molecule has 0 aliphatic carbocycles. The fourth-order valence-electron chi connectivity index (χ4n) is 2.69. The number of rotatable bonds is 2. The van der Waals surface area contributed by atoms with Crippen LogP contribution in [0.1, 0.15) is 0 Å². The number of pyridine rings is 1. The Bertz CT molecular complexity index is 1000. The maximum atomic E-state index is 10.7. The van der Waals surface area contributed by atoms with Crippen molar-refractivity contribution in [2.24, 2.45) is 0 Å². The molecule has 0 aliphatic rings. The van der Waals surface area contributed by atoms with Gasteiger partial charge in [-0.05, 0) is 29.8 Å². The molecule has 2 aromatic heterocycles. The van der Waals surface area contributed by atoms with Crippen molar-refractivity contribution in [2.75, 3.05) is 0 Å². The molecular weight excluding hydrogens is 278 g/mol. The van der Waals surface area contributed by atoms with Crippen LogP contribution in [0, 0.1) is 10.1 Å². The summed E-state index contributed by atoms with van der Waals surface area (Å²) in [4.78, 5) is 10.4. The fourth-order valence-corrected chi connectivity index (χ4v) is 2.69. The molecule has 4 aromatic rings.